The Bertz CT molecular complexity index is 1050. The number of amides is 2. The predicted molar refractivity (Wildman–Crippen MR) is 126 cm³/mol. The molecular formula is C26H27N3O2. The zero-order chi connectivity index (χ0) is 22.2. The minimum Gasteiger partial charge on any atom is -0.326 e. The molecule has 0 saturated heterocycles. The Morgan fingerprint density at radius 3 is 2.00 bits per heavy atom. The first-order chi connectivity index (χ1) is 14.9. The lowest BCUT2D eigenvalue weighted by atomic mass is 10.0. The summed E-state index contributed by atoms with van der Waals surface area (Å²) in [6.45, 7) is 5.84. The van der Waals surface area contributed by atoms with E-state index < -0.39 is 0 Å². The van der Waals surface area contributed by atoms with Gasteiger partial charge in [0, 0.05) is 17.7 Å². The van der Waals surface area contributed by atoms with Crippen molar-refractivity contribution >= 4 is 23.2 Å². The van der Waals surface area contributed by atoms with E-state index >= 15 is 0 Å². The molecule has 0 spiro atoms. The molecule has 5 heteroatoms. The van der Waals surface area contributed by atoms with Crippen LogP contribution in [0.2, 0.25) is 0 Å². The van der Waals surface area contributed by atoms with Gasteiger partial charge in [-0.1, -0.05) is 68.4 Å². The largest absolute Gasteiger partial charge is 0.326 e. The van der Waals surface area contributed by atoms with Crippen molar-refractivity contribution in [1.29, 1.82) is 0 Å². The van der Waals surface area contributed by atoms with Crippen molar-refractivity contribution in [3.8, 4) is 11.1 Å². The zero-order valence-electron chi connectivity index (χ0n) is 18.1. The minimum atomic E-state index is -0.305. The average molecular weight is 414 g/mol. The molecule has 0 radical (unpaired) electrons. The van der Waals surface area contributed by atoms with E-state index in [1.54, 1.807) is 24.3 Å². The molecule has 0 atom stereocenters. The molecule has 3 aromatic carbocycles. The molecule has 0 aromatic heterocycles. The summed E-state index contributed by atoms with van der Waals surface area (Å²) >= 11 is 0. The van der Waals surface area contributed by atoms with Crippen molar-refractivity contribution < 1.29 is 9.59 Å². The number of hydrogen-bond acceptors (Lipinski definition) is 3. The standard InChI is InChI=1S/C26H27N3O2/c1-18(2)17-25(30)27-24-15-13-23(14-16-24)26(31)29-28-19(3)20-9-11-22(12-10-20)21-7-5-4-6-8-21/h4-16,18H,17H2,1-3H3,(H,27,30)(H,29,31). The molecule has 0 heterocycles. The van der Waals surface area contributed by atoms with Gasteiger partial charge in [-0.25, -0.2) is 5.43 Å². The van der Waals surface area contributed by atoms with Gasteiger partial charge in [-0.2, -0.15) is 5.10 Å². The first kappa shape index (κ1) is 22.0. The maximum atomic E-state index is 12.4. The predicted octanol–water partition coefficient (Wildman–Crippen LogP) is 5.49. The Kier molecular flexibility index (Phi) is 7.33. The molecule has 0 unspecified atom stereocenters. The summed E-state index contributed by atoms with van der Waals surface area (Å²) in [5.74, 6) is -0.0493. The van der Waals surface area contributed by atoms with Crippen LogP contribution in [0.4, 0.5) is 5.69 Å². The van der Waals surface area contributed by atoms with Crippen LogP contribution in [0.3, 0.4) is 0 Å². The van der Waals surface area contributed by atoms with E-state index in [0.29, 0.717) is 29.3 Å². The lowest BCUT2D eigenvalue weighted by molar-refractivity contribution is -0.116. The number of nitrogens with one attached hydrogen (secondary N) is 2. The van der Waals surface area contributed by atoms with Gasteiger partial charge >= 0.3 is 0 Å². The quantitative estimate of drug-likeness (QED) is 0.397. The Labute approximate surface area is 183 Å². The monoisotopic (exact) mass is 413 g/mol. The SMILES string of the molecule is CC(=NNC(=O)c1ccc(NC(=O)CC(C)C)cc1)c1ccc(-c2ccccc2)cc1. The third-order valence-electron chi connectivity index (χ3n) is 4.76. The van der Waals surface area contributed by atoms with E-state index in [1.807, 2.05) is 63.2 Å². The summed E-state index contributed by atoms with van der Waals surface area (Å²) in [7, 11) is 0. The number of carbonyl (C=O) groups excluding carboxylic acids is 2. The van der Waals surface area contributed by atoms with Gasteiger partial charge < -0.3 is 5.32 Å². The Hall–Kier alpha value is -3.73. The van der Waals surface area contributed by atoms with Crippen LogP contribution in [0, 0.1) is 5.92 Å². The summed E-state index contributed by atoms with van der Waals surface area (Å²) < 4.78 is 0. The van der Waals surface area contributed by atoms with Crippen LogP contribution < -0.4 is 10.7 Å². The number of hydrazone groups is 1. The van der Waals surface area contributed by atoms with Gasteiger partial charge in [0.25, 0.3) is 5.91 Å². The summed E-state index contributed by atoms with van der Waals surface area (Å²) in [6, 6.07) is 25.0. The molecule has 0 aliphatic heterocycles. The summed E-state index contributed by atoms with van der Waals surface area (Å²) in [5.41, 5.74) is 7.66. The fraction of sp³-hybridized carbons (Fsp3) is 0.192. The van der Waals surface area contributed by atoms with Gasteiger partial charge in [-0.3, -0.25) is 9.59 Å². The third-order valence-corrected chi connectivity index (χ3v) is 4.76. The van der Waals surface area contributed by atoms with Crippen LogP contribution in [-0.2, 0) is 4.79 Å². The summed E-state index contributed by atoms with van der Waals surface area (Å²) in [6.07, 6.45) is 0.461. The van der Waals surface area contributed by atoms with Crippen LogP contribution in [-0.4, -0.2) is 17.5 Å². The van der Waals surface area contributed by atoms with E-state index in [4.69, 9.17) is 0 Å². The van der Waals surface area contributed by atoms with Crippen LogP contribution in [0.25, 0.3) is 11.1 Å². The normalized spacial score (nSPS) is 11.3. The molecule has 158 valence electrons. The van der Waals surface area contributed by atoms with Gasteiger partial charge in [-0.05, 0) is 53.8 Å². The fourth-order valence-corrected chi connectivity index (χ4v) is 3.09. The molecule has 5 nitrogen and oxygen atoms in total. The van der Waals surface area contributed by atoms with Crippen LogP contribution in [0.1, 0.15) is 43.1 Å². The molecule has 0 fully saturated rings. The second kappa shape index (κ2) is 10.3. The number of anilines is 1. The smallest absolute Gasteiger partial charge is 0.271 e. The lowest BCUT2D eigenvalue weighted by Gasteiger charge is -2.08. The zero-order valence-corrected chi connectivity index (χ0v) is 18.1. The molecule has 0 aliphatic carbocycles. The van der Waals surface area contributed by atoms with Gasteiger partial charge in [0.2, 0.25) is 5.91 Å². The fourth-order valence-electron chi connectivity index (χ4n) is 3.09. The maximum Gasteiger partial charge on any atom is 0.271 e. The lowest BCUT2D eigenvalue weighted by Crippen LogP contribution is -2.19. The van der Waals surface area contributed by atoms with Gasteiger partial charge in [0.05, 0.1) is 5.71 Å². The van der Waals surface area contributed by atoms with E-state index in [0.717, 1.165) is 16.7 Å². The maximum absolute atomic E-state index is 12.4. The highest BCUT2D eigenvalue weighted by molar-refractivity contribution is 6.01. The van der Waals surface area contributed by atoms with Crippen LogP contribution in [0.15, 0.2) is 84.0 Å². The van der Waals surface area contributed by atoms with Crippen molar-refractivity contribution in [2.75, 3.05) is 5.32 Å². The van der Waals surface area contributed by atoms with Gasteiger partial charge in [-0.15, -0.1) is 0 Å². The van der Waals surface area contributed by atoms with Crippen LogP contribution >= 0.6 is 0 Å². The van der Waals surface area contributed by atoms with Crippen molar-refractivity contribution in [2.24, 2.45) is 11.0 Å². The summed E-state index contributed by atoms with van der Waals surface area (Å²) in [5, 5.41) is 7.05. The molecule has 3 rings (SSSR count). The van der Waals surface area contributed by atoms with Gasteiger partial charge in [0.1, 0.15) is 0 Å². The number of rotatable bonds is 7. The van der Waals surface area contributed by atoms with E-state index in [9.17, 15) is 9.59 Å². The molecular weight excluding hydrogens is 386 g/mol. The van der Waals surface area contributed by atoms with Crippen molar-refractivity contribution in [3.05, 3.63) is 90.0 Å². The molecule has 2 N–H and O–H groups in total. The summed E-state index contributed by atoms with van der Waals surface area (Å²) in [4.78, 5) is 24.2. The third kappa shape index (κ3) is 6.37. The Morgan fingerprint density at radius 2 is 1.39 bits per heavy atom. The molecule has 3 aromatic rings. The highest BCUT2D eigenvalue weighted by Gasteiger charge is 2.08. The molecule has 0 aliphatic rings. The molecule has 0 saturated carbocycles. The number of hydrogen-bond donors (Lipinski definition) is 2. The first-order valence-electron chi connectivity index (χ1n) is 10.3. The van der Waals surface area contributed by atoms with Crippen molar-refractivity contribution in [3.63, 3.8) is 0 Å². The van der Waals surface area contributed by atoms with Crippen LogP contribution in [0.5, 0.6) is 0 Å². The average Bonchev–Trinajstić information content (AvgIpc) is 2.78. The van der Waals surface area contributed by atoms with E-state index in [-0.39, 0.29) is 11.8 Å². The molecule has 0 bridgehead atoms. The molecule has 2 amide bonds. The number of nitrogens with zero attached hydrogens (tertiary/aromatic N) is 1. The van der Waals surface area contributed by atoms with Crippen molar-refractivity contribution in [1.82, 2.24) is 5.43 Å². The number of carbonyl (C=O) groups is 2. The first-order valence-corrected chi connectivity index (χ1v) is 10.3. The number of benzene rings is 3. The van der Waals surface area contributed by atoms with E-state index in [1.165, 1.54) is 0 Å². The van der Waals surface area contributed by atoms with E-state index in [2.05, 4.69) is 28.0 Å². The highest BCUT2D eigenvalue weighted by Crippen LogP contribution is 2.19. The van der Waals surface area contributed by atoms with Gasteiger partial charge in [0.15, 0.2) is 0 Å². The highest BCUT2D eigenvalue weighted by atomic mass is 16.2. The second-order valence-corrected chi connectivity index (χ2v) is 7.81. The Balaban J connectivity index is 1.59. The minimum absolute atomic E-state index is 0.0364. The van der Waals surface area contributed by atoms with Crippen molar-refractivity contribution in [2.45, 2.75) is 27.2 Å². The second-order valence-electron chi connectivity index (χ2n) is 7.81. The topological polar surface area (TPSA) is 70.6 Å². The molecule has 31 heavy (non-hydrogen) atoms. The Morgan fingerprint density at radius 1 is 0.806 bits per heavy atom.